The fraction of sp³-hybridized carbons (Fsp3) is 0.438. The van der Waals surface area contributed by atoms with Crippen LogP contribution in [0.25, 0.3) is 0 Å². The molecule has 3 unspecified atom stereocenters. The number of carboxylic acid groups (broad SMARTS) is 1. The van der Waals surface area contributed by atoms with Gasteiger partial charge in [-0.05, 0) is 31.5 Å². The predicted molar refractivity (Wildman–Crippen MR) is 91.3 cm³/mol. The Morgan fingerprint density at radius 1 is 1.46 bits per heavy atom. The van der Waals surface area contributed by atoms with Gasteiger partial charge in [0.05, 0.1) is 16.9 Å². The van der Waals surface area contributed by atoms with E-state index in [2.05, 4.69) is 5.32 Å². The summed E-state index contributed by atoms with van der Waals surface area (Å²) in [7, 11) is 0. The fourth-order valence-electron chi connectivity index (χ4n) is 3.15. The molecule has 3 atom stereocenters. The average molecular weight is 369 g/mol. The first-order valence-corrected chi connectivity index (χ1v) is 8.92. The zero-order valence-corrected chi connectivity index (χ0v) is 14.6. The highest BCUT2D eigenvalue weighted by molar-refractivity contribution is 8.01. The monoisotopic (exact) mass is 368 g/mol. The highest BCUT2D eigenvalue weighted by Gasteiger charge is 2.39. The van der Waals surface area contributed by atoms with E-state index < -0.39 is 17.1 Å². The maximum Gasteiger partial charge on any atom is 0.308 e. The Labute approximate surface area is 148 Å². The number of halogens is 1. The molecule has 2 aliphatic rings. The zero-order chi connectivity index (χ0) is 17.4. The third kappa shape index (κ3) is 3.23. The number of carboxylic acids is 1. The highest BCUT2D eigenvalue weighted by atomic mass is 35.5. The summed E-state index contributed by atoms with van der Waals surface area (Å²) in [5.41, 5.74) is 0.654. The Bertz CT molecular complexity index is 711. The van der Waals surface area contributed by atoms with Crippen molar-refractivity contribution >= 4 is 46.8 Å². The zero-order valence-electron chi connectivity index (χ0n) is 13.0. The summed E-state index contributed by atoms with van der Waals surface area (Å²) >= 11 is 7.25. The van der Waals surface area contributed by atoms with Gasteiger partial charge in [0, 0.05) is 28.9 Å². The van der Waals surface area contributed by atoms with Crippen LogP contribution in [0.4, 0.5) is 5.69 Å². The maximum atomic E-state index is 12.5. The summed E-state index contributed by atoms with van der Waals surface area (Å²) in [4.78, 5) is 38.4. The number of fused-ring (bicyclic) bond motifs is 1. The molecule has 1 aromatic carbocycles. The summed E-state index contributed by atoms with van der Waals surface area (Å²) in [5, 5.41) is 11.9. The van der Waals surface area contributed by atoms with Crippen LogP contribution < -0.4 is 5.32 Å². The van der Waals surface area contributed by atoms with Gasteiger partial charge in [-0.15, -0.1) is 11.8 Å². The lowest BCUT2D eigenvalue weighted by Crippen LogP contribution is -2.41. The number of aliphatic carboxylic acids is 1. The molecule has 2 N–H and O–H groups in total. The van der Waals surface area contributed by atoms with Crippen LogP contribution in [0.15, 0.2) is 23.1 Å². The molecule has 0 aromatic heterocycles. The number of benzene rings is 1. The number of carbonyl (C=O) groups is 3. The Hall–Kier alpha value is -1.73. The van der Waals surface area contributed by atoms with Crippen LogP contribution in [0, 0.1) is 5.92 Å². The fourth-order valence-corrected chi connectivity index (χ4v) is 4.41. The van der Waals surface area contributed by atoms with Crippen molar-refractivity contribution in [3.63, 3.8) is 0 Å². The second-order valence-corrected chi connectivity index (χ2v) is 7.68. The smallest absolute Gasteiger partial charge is 0.308 e. The van der Waals surface area contributed by atoms with E-state index in [-0.39, 0.29) is 24.3 Å². The lowest BCUT2D eigenvalue weighted by Gasteiger charge is -2.28. The Morgan fingerprint density at radius 3 is 2.88 bits per heavy atom. The largest absolute Gasteiger partial charge is 0.481 e. The molecule has 0 aliphatic carbocycles. The minimum Gasteiger partial charge on any atom is -0.481 e. The van der Waals surface area contributed by atoms with Crippen LogP contribution in [-0.2, 0) is 14.4 Å². The van der Waals surface area contributed by atoms with E-state index in [1.54, 1.807) is 24.0 Å². The summed E-state index contributed by atoms with van der Waals surface area (Å²) in [6.07, 6.45) is 0.503. The second kappa shape index (κ2) is 6.64. The van der Waals surface area contributed by atoms with Gasteiger partial charge in [-0.25, -0.2) is 0 Å². The average Bonchev–Trinajstić information content (AvgIpc) is 2.90. The van der Waals surface area contributed by atoms with Crippen LogP contribution in [-0.4, -0.2) is 45.6 Å². The molecule has 24 heavy (non-hydrogen) atoms. The van der Waals surface area contributed by atoms with Crippen molar-refractivity contribution in [1.29, 1.82) is 0 Å². The van der Waals surface area contributed by atoms with E-state index in [0.717, 1.165) is 4.90 Å². The Morgan fingerprint density at radius 2 is 2.21 bits per heavy atom. The number of hydrogen-bond donors (Lipinski definition) is 2. The van der Waals surface area contributed by atoms with Crippen molar-refractivity contribution in [3.05, 3.63) is 23.2 Å². The van der Waals surface area contributed by atoms with Gasteiger partial charge in [0.25, 0.3) is 0 Å². The second-order valence-electron chi connectivity index (χ2n) is 6.00. The van der Waals surface area contributed by atoms with Gasteiger partial charge in [0.15, 0.2) is 0 Å². The number of carbonyl (C=O) groups excluding carboxylic acids is 2. The summed E-state index contributed by atoms with van der Waals surface area (Å²) < 4.78 is 0. The highest BCUT2D eigenvalue weighted by Crippen LogP contribution is 2.39. The molecule has 0 saturated carbocycles. The van der Waals surface area contributed by atoms with E-state index in [1.165, 1.54) is 11.8 Å². The van der Waals surface area contributed by atoms with E-state index in [1.807, 2.05) is 6.07 Å². The molecule has 2 aliphatic heterocycles. The maximum absolute atomic E-state index is 12.5. The van der Waals surface area contributed by atoms with Gasteiger partial charge >= 0.3 is 5.97 Å². The summed E-state index contributed by atoms with van der Waals surface area (Å²) in [6, 6.07) is 4.89. The lowest BCUT2D eigenvalue weighted by atomic mass is 10.0. The normalized spacial score (nSPS) is 26.0. The van der Waals surface area contributed by atoms with Gasteiger partial charge in [-0.1, -0.05) is 11.6 Å². The number of amides is 2. The van der Waals surface area contributed by atoms with Gasteiger partial charge < -0.3 is 15.3 Å². The number of anilines is 1. The Kier molecular flexibility index (Phi) is 4.73. The molecule has 2 heterocycles. The minimum atomic E-state index is -0.881. The van der Waals surface area contributed by atoms with Crippen molar-refractivity contribution in [2.24, 2.45) is 5.92 Å². The number of likely N-dealkylation sites (tertiary alicyclic amines) is 1. The number of rotatable bonds is 3. The lowest BCUT2D eigenvalue weighted by molar-refractivity contribution is -0.143. The van der Waals surface area contributed by atoms with Gasteiger partial charge in [0.1, 0.15) is 0 Å². The number of thioether (sulfide) groups is 1. The van der Waals surface area contributed by atoms with Crippen LogP contribution in [0.1, 0.15) is 19.8 Å². The van der Waals surface area contributed by atoms with Crippen LogP contribution in [0.2, 0.25) is 5.02 Å². The molecule has 0 spiro atoms. The first kappa shape index (κ1) is 17.1. The van der Waals surface area contributed by atoms with Crippen molar-refractivity contribution in [1.82, 2.24) is 4.90 Å². The first-order chi connectivity index (χ1) is 11.4. The molecule has 1 aromatic rings. The summed E-state index contributed by atoms with van der Waals surface area (Å²) in [6.45, 7) is 2.16. The van der Waals surface area contributed by atoms with Crippen LogP contribution in [0.5, 0.6) is 0 Å². The van der Waals surface area contributed by atoms with Gasteiger partial charge in [0.2, 0.25) is 11.8 Å². The molecular weight excluding hydrogens is 352 g/mol. The van der Waals surface area contributed by atoms with Crippen molar-refractivity contribution in [2.45, 2.75) is 36.0 Å². The van der Waals surface area contributed by atoms with Crippen molar-refractivity contribution < 1.29 is 19.5 Å². The molecule has 8 heteroatoms. The molecule has 6 nitrogen and oxygen atoms in total. The van der Waals surface area contributed by atoms with E-state index in [9.17, 15) is 14.4 Å². The standard InChI is InChI=1S/C16H17ClN2O4S/c1-8-10(16(22)23)4-5-19(8)14(20)7-13-15(21)18-11-6-9(17)2-3-12(11)24-13/h2-3,6,8,10,13H,4-5,7H2,1H3,(H,18,21)(H,22,23). The predicted octanol–water partition coefficient (Wildman–Crippen LogP) is 2.46. The molecule has 128 valence electrons. The first-order valence-electron chi connectivity index (χ1n) is 7.66. The Balaban J connectivity index is 1.68. The molecule has 0 bridgehead atoms. The molecule has 0 radical (unpaired) electrons. The third-order valence-corrected chi connectivity index (χ3v) is 6.02. The van der Waals surface area contributed by atoms with Gasteiger partial charge in [-0.3, -0.25) is 14.4 Å². The molecule has 1 saturated heterocycles. The molecular formula is C16H17ClN2O4S. The minimum absolute atomic E-state index is 0.0508. The number of hydrogen-bond acceptors (Lipinski definition) is 4. The van der Waals surface area contributed by atoms with Crippen molar-refractivity contribution in [2.75, 3.05) is 11.9 Å². The summed E-state index contributed by atoms with van der Waals surface area (Å²) in [5.74, 6) is -1.83. The van der Waals surface area contributed by atoms with Crippen LogP contribution >= 0.6 is 23.4 Å². The van der Waals surface area contributed by atoms with Gasteiger partial charge in [-0.2, -0.15) is 0 Å². The number of nitrogens with one attached hydrogen (secondary N) is 1. The quantitative estimate of drug-likeness (QED) is 0.855. The van der Waals surface area contributed by atoms with E-state index in [0.29, 0.717) is 23.7 Å². The topological polar surface area (TPSA) is 86.7 Å². The van der Waals surface area contributed by atoms with Crippen molar-refractivity contribution in [3.8, 4) is 0 Å². The SMILES string of the molecule is CC1C(C(=O)O)CCN1C(=O)CC1Sc2ccc(Cl)cc2NC1=O. The number of nitrogens with zero attached hydrogens (tertiary/aromatic N) is 1. The molecule has 3 rings (SSSR count). The van der Waals surface area contributed by atoms with Crippen LogP contribution in [0.3, 0.4) is 0 Å². The molecule has 2 amide bonds. The molecule has 1 fully saturated rings. The van der Waals surface area contributed by atoms with E-state index in [4.69, 9.17) is 16.7 Å². The third-order valence-electron chi connectivity index (χ3n) is 4.51. The van der Waals surface area contributed by atoms with E-state index >= 15 is 0 Å².